The predicted octanol–water partition coefficient (Wildman–Crippen LogP) is -6.74. The molecule has 0 spiro atoms. The van der Waals surface area contributed by atoms with E-state index in [-0.39, 0.29) is 57.2 Å². The van der Waals surface area contributed by atoms with Crippen molar-refractivity contribution in [3.05, 3.63) is 28.2 Å². The van der Waals surface area contributed by atoms with Crippen molar-refractivity contribution < 1.29 is 84.3 Å². The predicted molar refractivity (Wildman–Crippen MR) is 229 cm³/mol. The molecule has 9 amide bonds. The van der Waals surface area contributed by atoms with E-state index in [4.69, 9.17) is 11.5 Å². The SMILES string of the molecule is CC(=O)N(O)CCC[C@@H](N)C(=O)N[C@H](CCCN(O)C(C)=O)C(=O)N[C@@H](CCCN(O)C(C)=O)C(=O)N[C@@H](CO)C(=O)N[C@@H](C(=O)O)[C@@H](O)[C@H]1S[C@@H](n2cc/c(=N/C(N)=O)n(C)c2=O)[C@@H](O)[C@@H]1O. The molecule has 16 N–H and O–H groups in total. The van der Waals surface area contributed by atoms with Gasteiger partial charge in [0.05, 0.1) is 30.1 Å². The first-order valence-electron chi connectivity index (χ1n) is 20.8. The molecule has 0 unspecified atom stereocenters. The number of hydroxylamine groups is 6. The third-order valence-corrected chi connectivity index (χ3v) is 12.0. The molecule has 0 radical (unpaired) electrons. The number of carbonyl (C=O) groups excluding carboxylic acids is 8. The van der Waals surface area contributed by atoms with Crippen LogP contribution in [0, 0.1) is 0 Å². The fourth-order valence-electron chi connectivity index (χ4n) is 6.46. The minimum Gasteiger partial charge on any atom is -0.480 e. The Labute approximate surface area is 390 Å². The Hall–Kier alpha value is -6.06. The number of aliphatic hydroxyl groups is 4. The van der Waals surface area contributed by atoms with Crippen molar-refractivity contribution in [1.29, 1.82) is 0 Å². The maximum Gasteiger partial charge on any atom is 0.340 e. The van der Waals surface area contributed by atoms with Crippen LogP contribution in [0.25, 0.3) is 0 Å². The van der Waals surface area contributed by atoms with E-state index in [1.807, 2.05) is 5.32 Å². The second-order valence-electron chi connectivity index (χ2n) is 15.5. The number of amides is 9. The number of rotatable bonds is 25. The second-order valence-corrected chi connectivity index (χ2v) is 16.8. The summed E-state index contributed by atoms with van der Waals surface area (Å²) in [5.74, 6) is -8.71. The van der Waals surface area contributed by atoms with Crippen LogP contribution in [0.1, 0.15) is 64.7 Å². The van der Waals surface area contributed by atoms with E-state index in [1.54, 1.807) is 0 Å². The second kappa shape index (κ2) is 27.1. The third-order valence-electron chi connectivity index (χ3n) is 10.4. The Balaban J connectivity index is 2.35. The molecule has 31 heteroatoms. The number of carbonyl (C=O) groups is 9. The fourth-order valence-corrected chi connectivity index (χ4v) is 8.03. The van der Waals surface area contributed by atoms with Gasteiger partial charge in [-0.3, -0.25) is 58.3 Å². The number of hydrogen-bond donors (Lipinski definition) is 14. The number of urea groups is 1. The number of nitrogens with two attached hydrogens (primary N) is 2. The summed E-state index contributed by atoms with van der Waals surface area (Å²) in [5, 5.41) is 89.5. The van der Waals surface area contributed by atoms with Crippen molar-refractivity contribution in [2.24, 2.45) is 23.5 Å². The van der Waals surface area contributed by atoms with E-state index in [0.29, 0.717) is 27.0 Å². The number of carboxylic acid groups (broad SMARTS) is 1. The number of hydrogen-bond acceptors (Lipinski definition) is 19. The number of carboxylic acids is 1. The van der Waals surface area contributed by atoms with Crippen molar-refractivity contribution in [2.45, 2.75) is 118 Å². The first kappa shape index (κ1) is 58.1. The lowest BCUT2D eigenvalue weighted by Crippen LogP contribution is -2.61. The van der Waals surface area contributed by atoms with E-state index < -0.39 is 131 Å². The maximum atomic E-state index is 13.8. The molecule has 30 nitrogen and oxygen atoms in total. The van der Waals surface area contributed by atoms with E-state index >= 15 is 0 Å². The molecular formula is C37H60N12O18S. The number of aliphatic carboxylic acids is 1. The Morgan fingerprint density at radius 3 is 1.63 bits per heavy atom. The van der Waals surface area contributed by atoms with Crippen LogP contribution in [0.15, 0.2) is 22.1 Å². The van der Waals surface area contributed by atoms with Gasteiger partial charge in [0.25, 0.3) is 0 Å². The van der Waals surface area contributed by atoms with Crippen LogP contribution in [0.4, 0.5) is 4.79 Å². The van der Waals surface area contributed by atoms with Gasteiger partial charge in [0.15, 0.2) is 6.04 Å². The van der Waals surface area contributed by atoms with Gasteiger partial charge in [-0.15, -0.1) is 11.8 Å². The van der Waals surface area contributed by atoms with Gasteiger partial charge in [-0.2, -0.15) is 4.99 Å². The molecule has 10 atom stereocenters. The molecular weight excluding hydrogens is 933 g/mol. The highest BCUT2D eigenvalue weighted by molar-refractivity contribution is 8.00. The van der Waals surface area contributed by atoms with Gasteiger partial charge in [-0.05, 0) is 44.6 Å². The normalized spacial score (nSPS) is 19.6. The number of thioether (sulfide) groups is 1. The topological polar surface area (TPSA) is 465 Å². The lowest BCUT2D eigenvalue weighted by atomic mass is 10.00. The average molecular weight is 993 g/mol. The average Bonchev–Trinajstić information content (AvgIpc) is 3.56. The molecule has 0 bridgehead atoms. The van der Waals surface area contributed by atoms with Crippen molar-refractivity contribution in [3.63, 3.8) is 0 Å². The zero-order valence-corrected chi connectivity index (χ0v) is 38.2. The number of aliphatic hydroxyl groups excluding tert-OH is 4. The van der Waals surface area contributed by atoms with Gasteiger partial charge >= 0.3 is 17.7 Å². The largest absolute Gasteiger partial charge is 0.480 e. The van der Waals surface area contributed by atoms with E-state index in [0.717, 1.165) is 36.1 Å². The Bertz CT molecular complexity index is 2130. The summed E-state index contributed by atoms with van der Waals surface area (Å²) in [6, 6.07) is -8.79. The monoisotopic (exact) mass is 992 g/mol. The molecule has 68 heavy (non-hydrogen) atoms. The van der Waals surface area contributed by atoms with Crippen molar-refractivity contribution in [1.82, 2.24) is 45.6 Å². The highest BCUT2D eigenvalue weighted by Crippen LogP contribution is 2.43. The molecule has 2 rings (SSSR count). The van der Waals surface area contributed by atoms with E-state index in [1.165, 1.54) is 13.1 Å². The van der Waals surface area contributed by atoms with E-state index in [2.05, 4.69) is 20.9 Å². The lowest BCUT2D eigenvalue weighted by molar-refractivity contribution is -0.163. The number of aromatic nitrogens is 2. The third kappa shape index (κ3) is 16.9. The Morgan fingerprint density at radius 2 is 1.19 bits per heavy atom. The Kier molecular flexibility index (Phi) is 23.1. The zero-order chi connectivity index (χ0) is 51.7. The lowest BCUT2D eigenvalue weighted by Gasteiger charge is -2.29. The summed E-state index contributed by atoms with van der Waals surface area (Å²) in [5.41, 5.74) is 9.99. The summed E-state index contributed by atoms with van der Waals surface area (Å²) in [6.07, 6.45) is -5.91. The number of primary amides is 1. The summed E-state index contributed by atoms with van der Waals surface area (Å²) in [7, 11) is 1.21. The summed E-state index contributed by atoms with van der Waals surface area (Å²) < 4.78 is 1.78. The molecule has 2 heterocycles. The first-order chi connectivity index (χ1) is 31.7. The van der Waals surface area contributed by atoms with Crippen molar-refractivity contribution in [2.75, 3.05) is 26.2 Å². The molecule has 1 aliphatic heterocycles. The van der Waals surface area contributed by atoms with Gasteiger partial charge in [0.1, 0.15) is 35.1 Å². The number of nitrogens with zero attached hydrogens (tertiary/aromatic N) is 6. The quantitative estimate of drug-likeness (QED) is 0.0320. The highest BCUT2D eigenvalue weighted by Gasteiger charge is 2.50. The maximum absolute atomic E-state index is 13.8. The zero-order valence-electron chi connectivity index (χ0n) is 37.4. The molecule has 0 aliphatic carbocycles. The number of nitrogens with one attached hydrogen (secondary N) is 4. The van der Waals surface area contributed by atoms with Gasteiger partial charge < -0.3 is 58.3 Å². The molecule has 1 aliphatic rings. The van der Waals surface area contributed by atoms with Crippen LogP contribution >= 0.6 is 11.8 Å². The van der Waals surface area contributed by atoms with Crippen LogP contribution in [0.5, 0.6) is 0 Å². The van der Waals surface area contributed by atoms with Crippen LogP contribution < -0.4 is 43.9 Å². The van der Waals surface area contributed by atoms with Crippen LogP contribution in [0.3, 0.4) is 0 Å². The molecule has 0 aromatic carbocycles. The van der Waals surface area contributed by atoms with Gasteiger partial charge in [0.2, 0.25) is 41.4 Å². The molecule has 1 saturated heterocycles. The molecule has 1 aromatic rings. The minimum atomic E-state index is -2.31. The summed E-state index contributed by atoms with van der Waals surface area (Å²) >= 11 is 0.545. The minimum absolute atomic E-state index is 0.0520. The van der Waals surface area contributed by atoms with Crippen molar-refractivity contribution in [3.8, 4) is 0 Å². The standard InChI is InChI=1S/C37H60N12O18S/c1-17(51)47(65)12-5-8-20(38)30(57)40-21(9-6-13-48(66)18(2)52)31(58)41-22(10-7-14-49(67)19(3)53)32(59)42-23(16-50)33(60)44-25(35(61)62)26(54)29-27(55)28(56)34(68-29)46-15-11-24(43-36(39)63)45(4)37(46)64/h11,15,20-23,25-29,34,50,54-56,65-67H,5-10,12-14,16,38H2,1-4H3,(H2,39,63)(H,40,57)(H,41,58)(H,42,59)(H,44,60)(H,61,62)/b43-24-/t20-,21-,22+,23+,25-,26-,27+,28+,29-,34-/m1/s1. The summed E-state index contributed by atoms with van der Waals surface area (Å²) in [6.45, 7) is 1.07. The van der Waals surface area contributed by atoms with Gasteiger partial charge in [0, 0.05) is 53.6 Å². The molecule has 0 saturated carbocycles. The summed E-state index contributed by atoms with van der Waals surface area (Å²) in [4.78, 5) is 129. The van der Waals surface area contributed by atoms with Gasteiger partial charge in [-0.1, -0.05) is 0 Å². The smallest absolute Gasteiger partial charge is 0.340 e. The van der Waals surface area contributed by atoms with E-state index in [9.17, 15) is 89.1 Å². The molecule has 1 aromatic heterocycles. The van der Waals surface area contributed by atoms with Crippen molar-refractivity contribution >= 4 is 65.1 Å². The van der Waals surface area contributed by atoms with Crippen LogP contribution in [-0.2, 0) is 45.4 Å². The molecule has 382 valence electrons. The van der Waals surface area contributed by atoms with Gasteiger partial charge in [-0.25, -0.2) is 29.6 Å². The van der Waals surface area contributed by atoms with Crippen LogP contribution in [0.2, 0.25) is 0 Å². The van der Waals surface area contributed by atoms with Crippen LogP contribution in [-0.4, -0.2) is 199 Å². The fraction of sp³-hybridized carbons (Fsp3) is 0.649. The Morgan fingerprint density at radius 1 is 0.750 bits per heavy atom. The molecule has 1 fully saturated rings. The first-order valence-corrected chi connectivity index (χ1v) is 21.7. The highest BCUT2D eigenvalue weighted by atomic mass is 32.2.